The van der Waals surface area contributed by atoms with Gasteiger partial charge in [0.2, 0.25) is 5.95 Å². The normalized spacial score (nSPS) is 11.3. The van der Waals surface area contributed by atoms with E-state index in [0.717, 1.165) is 0 Å². The van der Waals surface area contributed by atoms with Gasteiger partial charge in [-0.3, -0.25) is 0 Å². The second kappa shape index (κ2) is 5.32. The van der Waals surface area contributed by atoms with E-state index in [9.17, 15) is 8.42 Å². The van der Waals surface area contributed by atoms with Crippen LogP contribution in [0.1, 0.15) is 5.69 Å². The summed E-state index contributed by atoms with van der Waals surface area (Å²) in [6.45, 7) is 1.69. The van der Waals surface area contributed by atoms with E-state index < -0.39 is 10.0 Å². The molecule has 1 aromatic heterocycles. The van der Waals surface area contributed by atoms with Gasteiger partial charge < -0.3 is 0 Å². The van der Waals surface area contributed by atoms with Gasteiger partial charge in [0, 0.05) is 10.7 Å². The molecule has 1 aromatic carbocycles. The molecule has 0 fully saturated rings. The van der Waals surface area contributed by atoms with Gasteiger partial charge in [0.1, 0.15) is 5.15 Å². The maximum absolute atomic E-state index is 12.1. The third-order valence-electron chi connectivity index (χ3n) is 2.15. The highest BCUT2D eigenvalue weighted by Crippen LogP contribution is 2.18. The highest BCUT2D eigenvalue weighted by atomic mass is 35.5. The number of nitrogens with zero attached hydrogens (tertiary/aromatic N) is 2. The van der Waals surface area contributed by atoms with Crippen LogP contribution in [0.2, 0.25) is 10.2 Å². The van der Waals surface area contributed by atoms with Crippen LogP contribution in [-0.4, -0.2) is 18.4 Å². The Hall–Kier alpha value is -1.37. The lowest BCUT2D eigenvalue weighted by atomic mass is 10.4. The van der Waals surface area contributed by atoms with Crippen molar-refractivity contribution in [2.75, 3.05) is 4.72 Å². The Bertz CT molecular complexity index is 699. The number of hydrogen-bond acceptors (Lipinski definition) is 4. The zero-order chi connectivity index (χ0) is 14.0. The number of sulfonamides is 1. The quantitative estimate of drug-likeness (QED) is 0.883. The molecule has 2 rings (SSSR count). The molecule has 0 amide bonds. The molecule has 100 valence electrons. The monoisotopic (exact) mass is 317 g/mol. The number of rotatable bonds is 3. The molecule has 19 heavy (non-hydrogen) atoms. The van der Waals surface area contributed by atoms with Crippen LogP contribution >= 0.6 is 23.2 Å². The van der Waals surface area contributed by atoms with Crippen LogP contribution in [0, 0.1) is 6.92 Å². The minimum atomic E-state index is -3.79. The van der Waals surface area contributed by atoms with Crippen LogP contribution in [0.5, 0.6) is 0 Å². The molecule has 1 N–H and O–H groups in total. The van der Waals surface area contributed by atoms with E-state index in [1.165, 1.54) is 18.2 Å². The Morgan fingerprint density at radius 1 is 1.16 bits per heavy atom. The summed E-state index contributed by atoms with van der Waals surface area (Å²) in [5.74, 6) is -0.0787. The maximum Gasteiger partial charge on any atom is 0.264 e. The van der Waals surface area contributed by atoms with Crippen molar-refractivity contribution in [3.8, 4) is 0 Å². The summed E-state index contributed by atoms with van der Waals surface area (Å²) in [5, 5.41) is 0.488. The summed E-state index contributed by atoms with van der Waals surface area (Å²) < 4.78 is 26.4. The van der Waals surface area contributed by atoms with Gasteiger partial charge in [0.05, 0.1) is 4.90 Å². The lowest BCUT2D eigenvalue weighted by molar-refractivity contribution is 0.601. The Labute approximate surface area is 120 Å². The fraction of sp³-hybridized carbons (Fsp3) is 0.0909. The molecule has 5 nitrogen and oxygen atoms in total. The summed E-state index contributed by atoms with van der Waals surface area (Å²) in [7, 11) is -3.79. The molecule has 0 spiro atoms. The SMILES string of the molecule is Cc1cc(Cl)nc(NS(=O)(=O)c2cccc(Cl)c2)n1. The molecule has 0 saturated carbocycles. The van der Waals surface area contributed by atoms with E-state index in [-0.39, 0.29) is 16.0 Å². The van der Waals surface area contributed by atoms with Crippen molar-refractivity contribution in [1.82, 2.24) is 9.97 Å². The van der Waals surface area contributed by atoms with Gasteiger partial charge >= 0.3 is 0 Å². The minimum Gasteiger partial charge on any atom is -0.247 e. The second-order valence-corrected chi connectivity index (χ2v) is 6.22. The van der Waals surface area contributed by atoms with Crippen molar-refractivity contribution in [2.45, 2.75) is 11.8 Å². The molecule has 0 bridgehead atoms. The molecule has 0 aliphatic carbocycles. The maximum atomic E-state index is 12.1. The first-order valence-corrected chi connectivity index (χ1v) is 7.40. The average Bonchev–Trinajstić information content (AvgIpc) is 2.26. The Kier molecular flexibility index (Phi) is 3.93. The van der Waals surface area contributed by atoms with E-state index in [0.29, 0.717) is 10.7 Å². The Balaban J connectivity index is 2.36. The van der Waals surface area contributed by atoms with Crippen LogP contribution in [0.15, 0.2) is 35.2 Å². The van der Waals surface area contributed by atoms with E-state index in [4.69, 9.17) is 23.2 Å². The summed E-state index contributed by atoms with van der Waals surface area (Å²) in [5.41, 5.74) is 0.559. The fourth-order valence-electron chi connectivity index (χ4n) is 1.39. The predicted molar refractivity (Wildman–Crippen MR) is 74.0 cm³/mol. The lowest BCUT2D eigenvalue weighted by Crippen LogP contribution is -2.15. The van der Waals surface area contributed by atoms with Crippen LogP contribution in [0.25, 0.3) is 0 Å². The molecule has 0 radical (unpaired) electrons. The molecular weight excluding hydrogens is 309 g/mol. The molecule has 0 atom stereocenters. The number of anilines is 1. The molecule has 1 heterocycles. The number of nitrogens with one attached hydrogen (secondary N) is 1. The van der Waals surface area contributed by atoms with E-state index in [1.807, 2.05) is 0 Å². The number of benzene rings is 1. The van der Waals surface area contributed by atoms with Gasteiger partial charge in [0.25, 0.3) is 10.0 Å². The molecular formula is C11H9Cl2N3O2S. The average molecular weight is 318 g/mol. The van der Waals surface area contributed by atoms with Crippen LogP contribution in [-0.2, 0) is 10.0 Å². The Morgan fingerprint density at radius 2 is 1.89 bits per heavy atom. The molecule has 2 aromatic rings. The smallest absolute Gasteiger partial charge is 0.247 e. The van der Waals surface area contributed by atoms with Gasteiger partial charge in [-0.25, -0.2) is 23.1 Å². The number of halogens is 2. The van der Waals surface area contributed by atoms with Gasteiger partial charge in [-0.15, -0.1) is 0 Å². The zero-order valence-electron chi connectivity index (χ0n) is 9.76. The van der Waals surface area contributed by atoms with Gasteiger partial charge in [-0.05, 0) is 31.2 Å². The largest absolute Gasteiger partial charge is 0.264 e. The van der Waals surface area contributed by atoms with Gasteiger partial charge in [-0.2, -0.15) is 0 Å². The number of hydrogen-bond donors (Lipinski definition) is 1. The Morgan fingerprint density at radius 3 is 2.53 bits per heavy atom. The van der Waals surface area contributed by atoms with Crippen molar-refractivity contribution in [3.05, 3.63) is 46.2 Å². The van der Waals surface area contributed by atoms with Gasteiger partial charge in [-0.1, -0.05) is 29.3 Å². The fourth-order valence-corrected chi connectivity index (χ4v) is 2.87. The highest BCUT2D eigenvalue weighted by Gasteiger charge is 2.16. The van der Waals surface area contributed by atoms with Crippen molar-refractivity contribution in [2.24, 2.45) is 0 Å². The topological polar surface area (TPSA) is 72.0 Å². The van der Waals surface area contributed by atoms with Crippen molar-refractivity contribution in [3.63, 3.8) is 0 Å². The van der Waals surface area contributed by atoms with Gasteiger partial charge in [0.15, 0.2) is 0 Å². The van der Waals surface area contributed by atoms with Crippen molar-refractivity contribution in [1.29, 1.82) is 0 Å². The summed E-state index contributed by atoms with van der Waals surface area (Å²) in [6, 6.07) is 7.41. The van der Waals surface area contributed by atoms with Crippen LogP contribution in [0.3, 0.4) is 0 Å². The van der Waals surface area contributed by atoms with E-state index >= 15 is 0 Å². The third kappa shape index (κ3) is 3.56. The summed E-state index contributed by atoms with van der Waals surface area (Å²) in [4.78, 5) is 7.78. The van der Waals surface area contributed by atoms with E-state index in [1.54, 1.807) is 19.1 Å². The first-order valence-electron chi connectivity index (χ1n) is 5.16. The molecule has 0 aliphatic rings. The molecule has 0 unspecified atom stereocenters. The third-order valence-corrected chi connectivity index (χ3v) is 3.91. The summed E-state index contributed by atoms with van der Waals surface area (Å²) >= 11 is 11.5. The van der Waals surface area contributed by atoms with Crippen molar-refractivity contribution < 1.29 is 8.42 Å². The van der Waals surface area contributed by atoms with Crippen molar-refractivity contribution >= 4 is 39.2 Å². The zero-order valence-corrected chi connectivity index (χ0v) is 12.1. The standard InChI is InChI=1S/C11H9Cl2N3O2S/c1-7-5-10(13)15-11(14-7)16-19(17,18)9-4-2-3-8(12)6-9/h2-6H,1H3,(H,14,15,16). The summed E-state index contributed by atoms with van der Waals surface area (Å²) in [6.07, 6.45) is 0. The lowest BCUT2D eigenvalue weighted by Gasteiger charge is -2.07. The molecule has 8 heteroatoms. The molecule has 0 saturated heterocycles. The van der Waals surface area contributed by atoms with E-state index in [2.05, 4.69) is 14.7 Å². The molecule has 0 aliphatic heterocycles. The van der Waals surface area contributed by atoms with Crippen LogP contribution < -0.4 is 4.72 Å². The minimum absolute atomic E-state index is 0.0289. The predicted octanol–water partition coefficient (Wildman–Crippen LogP) is 2.89. The first kappa shape index (κ1) is 14.0. The first-order chi connectivity index (χ1) is 8.87. The number of aromatic nitrogens is 2. The van der Waals surface area contributed by atoms with Crippen LogP contribution in [0.4, 0.5) is 5.95 Å². The number of aryl methyl sites for hydroxylation is 1. The highest BCUT2D eigenvalue weighted by molar-refractivity contribution is 7.92. The second-order valence-electron chi connectivity index (χ2n) is 3.72.